The molecule has 1 aliphatic carbocycles. The van der Waals surface area contributed by atoms with Gasteiger partial charge in [0.1, 0.15) is 6.73 Å². The van der Waals surface area contributed by atoms with Gasteiger partial charge in [0.05, 0.1) is 6.61 Å². The smallest absolute Gasteiger partial charge is 0.332 e. The van der Waals surface area contributed by atoms with Crippen LogP contribution in [-0.2, 0) is 18.5 Å². The molecule has 0 aliphatic heterocycles. The zero-order valence-corrected chi connectivity index (χ0v) is 8.68. The average Bonchev–Trinajstić information content (AvgIpc) is 3.01. The Kier molecular flexibility index (Phi) is 2.73. The van der Waals surface area contributed by atoms with Crippen LogP contribution in [0.2, 0.25) is 0 Å². The molecule has 0 aromatic carbocycles. The van der Waals surface area contributed by atoms with Gasteiger partial charge in [0.25, 0.3) is 5.56 Å². The molecule has 0 atom stereocenters. The van der Waals surface area contributed by atoms with Gasteiger partial charge in [0, 0.05) is 19.3 Å². The Morgan fingerprint density at radius 2 is 2.20 bits per heavy atom. The Labute approximate surface area is 86.9 Å². The third kappa shape index (κ3) is 2.36. The zero-order chi connectivity index (χ0) is 10.8. The molecule has 0 saturated heterocycles. The SMILES string of the molecule is Cn1ccc(=O)n(COCC2CC2)c1=O. The van der Waals surface area contributed by atoms with Gasteiger partial charge < -0.3 is 9.30 Å². The summed E-state index contributed by atoms with van der Waals surface area (Å²) >= 11 is 0. The molecule has 82 valence electrons. The molecule has 1 fully saturated rings. The van der Waals surface area contributed by atoms with Crippen molar-refractivity contribution >= 4 is 0 Å². The fourth-order valence-corrected chi connectivity index (χ4v) is 1.33. The molecule has 1 heterocycles. The predicted octanol–water partition coefficient (Wildman–Crippen LogP) is -0.0689. The van der Waals surface area contributed by atoms with E-state index in [-0.39, 0.29) is 18.0 Å². The van der Waals surface area contributed by atoms with E-state index < -0.39 is 0 Å². The third-order valence-electron chi connectivity index (χ3n) is 2.51. The van der Waals surface area contributed by atoms with Gasteiger partial charge in [0.15, 0.2) is 0 Å². The summed E-state index contributed by atoms with van der Waals surface area (Å²) in [7, 11) is 1.61. The standard InChI is InChI=1S/C10H14N2O3/c1-11-5-4-9(13)12(10(11)14)7-15-6-8-2-3-8/h4-5,8H,2-3,6-7H2,1H3. The van der Waals surface area contributed by atoms with Crippen molar-refractivity contribution in [2.45, 2.75) is 19.6 Å². The van der Waals surface area contributed by atoms with Crippen LogP contribution in [0.1, 0.15) is 12.8 Å². The molecule has 15 heavy (non-hydrogen) atoms. The minimum Gasteiger partial charge on any atom is -0.360 e. The third-order valence-corrected chi connectivity index (χ3v) is 2.51. The molecule has 1 aromatic rings. The lowest BCUT2D eigenvalue weighted by Gasteiger charge is -2.06. The van der Waals surface area contributed by atoms with Crippen molar-refractivity contribution in [2.75, 3.05) is 6.61 Å². The molecule has 2 rings (SSSR count). The van der Waals surface area contributed by atoms with Gasteiger partial charge in [-0.15, -0.1) is 0 Å². The number of hydrogen-bond acceptors (Lipinski definition) is 3. The highest BCUT2D eigenvalue weighted by atomic mass is 16.5. The first-order chi connectivity index (χ1) is 7.18. The molecular weight excluding hydrogens is 196 g/mol. The number of aryl methyl sites for hydroxylation is 1. The van der Waals surface area contributed by atoms with E-state index in [1.54, 1.807) is 7.05 Å². The lowest BCUT2D eigenvalue weighted by atomic mass is 10.5. The van der Waals surface area contributed by atoms with Crippen molar-refractivity contribution in [1.29, 1.82) is 0 Å². The molecule has 0 amide bonds. The van der Waals surface area contributed by atoms with Crippen LogP contribution in [-0.4, -0.2) is 15.7 Å². The number of ether oxygens (including phenoxy) is 1. The molecular formula is C10H14N2O3. The minimum atomic E-state index is -0.335. The van der Waals surface area contributed by atoms with Gasteiger partial charge >= 0.3 is 5.69 Å². The van der Waals surface area contributed by atoms with Crippen LogP contribution >= 0.6 is 0 Å². The lowest BCUT2D eigenvalue weighted by molar-refractivity contribution is 0.0631. The molecule has 5 heteroatoms. The predicted molar refractivity (Wildman–Crippen MR) is 54.6 cm³/mol. The Morgan fingerprint density at radius 3 is 2.87 bits per heavy atom. The van der Waals surface area contributed by atoms with E-state index in [0.717, 1.165) is 4.57 Å². The number of aromatic nitrogens is 2. The quantitative estimate of drug-likeness (QED) is 0.699. The largest absolute Gasteiger partial charge is 0.360 e. The van der Waals surface area contributed by atoms with Gasteiger partial charge in [-0.25, -0.2) is 9.36 Å². The van der Waals surface area contributed by atoms with Crippen LogP contribution in [0.25, 0.3) is 0 Å². The van der Waals surface area contributed by atoms with Crippen molar-refractivity contribution < 1.29 is 4.74 Å². The van der Waals surface area contributed by atoms with Crippen molar-refractivity contribution in [3.63, 3.8) is 0 Å². The monoisotopic (exact) mass is 210 g/mol. The molecule has 0 spiro atoms. The zero-order valence-electron chi connectivity index (χ0n) is 8.68. The summed E-state index contributed by atoms with van der Waals surface area (Å²) in [5.41, 5.74) is -0.646. The molecule has 1 saturated carbocycles. The van der Waals surface area contributed by atoms with Gasteiger partial charge in [-0.3, -0.25) is 4.79 Å². The highest BCUT2D eigenvalue weighted by molar-refractivity contribution is 4.84. The van der Waals surface area contributed by atoms with Gasteiger partial charge in [-0.2, -0.15) is 0 Å². The number of hydrogen-bond donors (Lipinski definition) is 0. The summed E-state index contributed by atoms with van der Waals surface area (Å²) in [5, 5.41) is 0. The normalized spacial score (nSPS) is 15.5. The summed E-state index contributed by atoms with van der Waals surface area (Å²) < 4.78 is 7.77. The summed E-state index contributed by atoms with van der Waals surface area (Å²) in [6, 6.07) is 1.36. The molecule has 0 radical (unpaired) electrons. The van der Waals surface area contributed by atoms with E-state index >= 15 is 0 Å². The Bertz CT molecular complexity index is 456. The van der Waals surface area contributed by atoms with Crippen LogP contribution in [0, 0.1) is 5.92 Å². The average molecular weight is 210 g/mol. The maximum absolute atomic E-state index is 11.5. The van der Waals surface area contributed by atoms with Crippen LogP contribution in [0.3, 0.4) is 0 Å². The first kappa shape index (κ1) is 10.2. The fourth-order valence-electron chi connectivity index (χ4n) is 1.33. The first-order valence-electron chi connectivity index (χ1n) is 5.02. The molecule has 0 N–H and O–H groups in total. The molecule has 1 aromatic heterocycles. The first-order valence-corrected chi connectivity index (χ1v) is 5.02. The summed E-state index contributed by atoms with van der Waals surface area (Å²) in [5.74, 6) is 0.633. The molecule has 0 bridgehead atoms. The van der Waals surface area contributed by atoms with Crippen molar-refractivity contribution in [3.8, 4) is 0 Å². The lowest BCUT2D eigenvalue weighted by Crippen LogP contribution is -2.38. The van der Waals surface area contributed by atoms with Gasteiger partial charge in [0.2, 0.25) is 0 Å². The van der Waals surface area contributed by atoms with Crippen LogP contribution in [0.5, 0.6) is 0 Å². The topological polar surface area (TPSA) is 53.2 Å². The van der Waals surface area contributed by atoms with Crippen molar-refractivity contribution in [1.82, 2.24) is 9.13 Å². The maximum atomic E-state index is 11.5. The molecule has 0 unspecified atom stereocenters. The van der Waals surface area contributed by atoms with Crippen LogP contribution < -0.4 is 11.2 Å². The van der Waals surface area contributed by atoms with E-state index in [1.165, 1.54) is 29.7 Å². The second-order valence-electron chi connectivity index (χ2n) is 3.92. The maximum Gasteiger partial charge on any atom is 0.332 e. The van der Waals surface area contributed by atoms with E-state index in [0.29, 0.717) is 12.5 Å². The Morgan fingerprint density at radius 1 is 1.47 bits per heavy atom. The highest BCUT2D eigenvalue weighted by Crippen LogP contribution is 2.28. The summed E-state index contributed by atoms with van der Waals surface area (Å²) in [6.07, 6.45) is 3.85. The second-order valence-corrected chi connectivity index (χ2v) is 3.92. The fraction of sp³-hybridized carbons (Fsp3) is 0.600. The van der Waals surface area contributed by atoms with Crippen LogP contribution in [0.4, 0.5) is 0 Å². The van der Waals surface area contributed by atoms with Gasteiger partial charge in [-0.1, -0.05) is 0 Å². The minimum absolute atomic E-state index is 0.0584. The Hall–Kier alpha value is -1.36. The molecule has 1 aliphatic rings. The summed E-state index contributed by atoms with van der Waals surface area (Å²) in [4.78, 5) is 22.9. The Balaban J connectivity index is 2.08. The van der Waals surface area contributed by atoms with Crippen LogP contribution in [0.15, 0.2) is 21.9 Å². The number of nitrogens with zero attached hydrogens (tertiary/aromatic N) is 2. The van der Waals surface area contributed by atoms with E-state index in [1.807, 2.05) is 0 Å². The van der Waals surface area contributed by atoms with E-state index in [9.17, 15) is 9.59 Å². The van der Waals surface area contributed by atoms with E-state index in [2.05, 4.69) is 0 Å². The van der Waals surface area contributed by atoms with Crippen molar-refractivity contribution in [2.24, 2.45) is 13.0 Å². The second kappa shape index (κ2) is 4.02. The van der Waals surface area contributed by atoms with Crippen molar-refractivity contribution in [3.05, 3.63) is 33.1 Å². The number of rotatable bonds is 4. The van der Waals surface area contributed by atoms with Gasteiger partial charge in [-0.05, 0) is 18.8 Å². The summed E-state index contributed by atoms with van der Waals surface area (Å²) in [6.45, 7) is 0.702. The highest BCUT2D eigenvalue weighted by Gasteiger charge is 2.21. The molecule has 5 nitrogen and oxygen atoms in total. The van der Waals surface area contributed by atoms with E-state index in [4.69, 9.17) is 4.74 Å².